The van der Waals surface area contributed by atoms with Gasteiger partial charge in [-0.15, -0.1) is 0 Å². The van der Waals surface area contributed by atoms with Crippen molar-refractivity contribution in [1.29, 1.82) is 0 Å². The number of rotatable bonds is 5. The summed E-state index contributed by atoms with van der Waals surface area (Å²) in [6.45, 7) is 1.23. The Morgan fingerprint density at radius 3 is 2.46 bits per heavy atom. The Morgan fingerprint density at radius 1 is 1.08 bits per heavy atom. The minimum absolute atomic E-state index is 0.591. The maximum Gasteiger partial charge on any atom is 0.119 e. The molecule has 0 aromatic heterocycles. The summed E-state index contributed by atoms with van der Waals surface area (Å²) in [5.74, 6) is 0.893. The van der Waals surface area contributed by atoms with Crippen molar-refractivity contribution >= 4 is 0 Å². The Balaban J connectivity index is 2.20. The molecule has 13 heavy (non-hydrogen) atoms. The molecule has 0 saturated heterocycles. The summed E-state index contributed by atoms with van der Waals surface area (Å²) in [5, 5.41) is 0. The van der Waals surface area contributed by atoms with Crippen LogP contribution in [0.1, 0.15) is 0 Å². The molecule has 70 valence electrons. The second kappa shape index (κ2) is 6.26. The van der Waals surface area contributed by atoms with Crippen LogP contribution in [0.5, 0.6) is 5.75 Å². The van der Waals surface area contributed by atoms with Crippen molar-refractivity contribution in [3.05, 3.63) is 42.5 Å². The Labute approximate surface area is 78.8 Å². The van der Waals surface area contributed by atoms with E-state index in [0.29, 0.717) is 13.2 Å². The fourth-order valence-corrected chi connectivity index (χ4v) is 0.893. The molecule has 0 radical (unpaired) electrons. The fourth-order valence-electron chi connectivity index (χ4n) is 0.893. The van der Waals surface area contributed by atoms with Crippen LogP contribution in [0, 0.1) is 0 Å². The minimum atomic E-state index is 0.591. The lowest BCUT2D eigenvalue weighted by Crippen LogP contribution is -1.93. The number of benzene rings is 1. The van der Waals surface area contributed by atoms with Crippen molar-refractivity contribution in [2.75, 3.05) is 20.3 Å². The van der Waals surface area contributed by atoms with Crippen LogP contribution in [0.15, 0.2) is 42.5 Å². The molecule has 0 bridgehead atoms. The third-order valence-electron chi connectivity index (χ3n) is 1.52. The molecule has 0 fully saturated rings. The smallest absolute Gasteiger partial charge is 0.119 e. The van der Waals surface area contributed by atoms with Gasteiger partial charge in [-0.05, 0) is 18.2 Å². The summed E-state index contributed by atoms with van der Waals surface area (Å²) in [4.78, 5) is 0. The van der Waals surface area contributed by atoms with Gasteiger partial charge in [0.05, 0.1) is 6.61 Å². The van der Waals surface area contributed by atoms with Gasteiger partial charge in [0.1, 0.15) is 12.4 Å². The molecule has 2 nitrogen and oxygen atoms in total. The Bertz CT molecular complexity index is 242. The van der Waals surface area contributed by atoms with Crippen LogP contribution in [0.4, 0.5) is 0 Å². The van der Waals surface area contributed by atoms with E-state index in [1.165, 1.54) is 0 Å². The molecule has 0 amide bonds. The molecule has 0 N–H and O–H groups in total. The predicted molar refractivity (Wildman–Crippen MR) is 53.0 cm³/mol. The van der Waals surface area contributed by atoms with Crippen LogP contribution in [0.2, 0.25) is 0 Å². The van der Waals surface area contributed by atoms with Crippen LogP contribution in [0.25, 0.3) is 0 Å². The molecule has 0 aliphatic carbocycles. The molecule has 0 spiro atoms. The summed E-state index contributed by atoms with van der Waals surface area (Å²) in [6.07, 6.45) is 3.87. The first kappa shape index (κ1) is 9.81. The third-order valence-corrected chi connectivity index (χ3v) is 1.52. The second-order valence-corrected chi connectivity index (χ2v) is 2.55. The Morgan fingerprint density at radius 2 is 1.77 bits per heavy atom. The summed E-state index contributed by atoms with van der Waals surface area (Å²) in [6, 6.07) is 9.74. The van der Waals surface area contributed by atoms with Crippen LogP contribution in [-0.4, -0.2) is 20.3 Å². The van der Waals surface area contributed by atoms with Gasteiger partial charge >= 0.3 is 0 Å². The lowest BCUT2D eigenvalue weighted by atomic mass is 10.3. The molecule has 0 aliphatic heterocycles. The SMILES string of the molecule is COC/C=C/COc1ccccc1. The number of methoxy groups -OCH3 is 1. The van der Waals surface area contributed by atoms with E-state index in [0.717, 1.165) is 5.75 Å². The van der Waals surface area contributed by atoms with E-state index in [4.69, 9.17) is 9.47 Å². The zero-order valence-electron chi connectivity index (χ0n) is 7.77. The molecule has 2 heteroatoms. The van der Waals surface area contributed by atoms with Gasteiger partial charge in [0.15, 0.2) is 0 Å². The predicted octanol–water partition coefficient (Wildman–Crippen LogP) is 2.27. The van der Waals surface area contributed by atoms with E-state index in [1.54, 1.807) is 7.11 Å². The molecular formula is C11H14O2. The lowest BCUT2D eigenvalue weighted by molar-refractivity contribution is 0.233. The molecule has 0 atom stereocenters. The normalized spacial score (nSPS) is 10.5. The van der Waals surface area contributed by atoms with Crippen molar-refractivity contribution < 1.29 is 9.47 Å². The zero-order valence-corrected chi connectivity index (χ0v) is 7.77. The maximum absolute atomic E-state index is 5.41. The van der Waals surface area contributed by atoms with Gasteiger partial charge in [-0.2, -0.15) is 0 Å². The van der Waals surface area contributed by atoms with Crippen molar-refractivity contribution in [2.24, 2.45) is 0 Å². The first-order valence-electron chi connectivity index (χ1n) is 4.25. The highest BCUT2D eigenvalue weighted by Crippen LogP contribution is 2.07. The Kier molecular flexibility index (Phi) is 4.72. The van der Waals surface area contributed by atoms with Gasteiger partial charge in [-0.1, -0.05) is 24.3 Å². The monoisotopic (exact) mass is 178 g/mol. The molecule has 0 heterocycles. The number of para-hydroxylation sites is 1. The van der Waals surface area contributed by atoms with Crippen LogP contribution >= 0.6 is 0 Å². The first-order chi connectivity index (χ1) is 6.43. The zero-order chi connectivity index (χ0) is 9.36. The van der Waals surface area contributed by atoms with Gasteiger partial charge in [0, 0.05) is 7.11 Å². The quantitative estimate of drug-likeness (QED) is 0.644. The summed E-state index contributed by atoms with van der Waals surface area (Å²) in [7, 11) is 1.67. The van der Waals surface area contributed by atoms with Gasteiger partial charge in [-0.25, -0.2) is 0 Å². The highest BCUT2D eigenvalue weighted by atomic mass is 16.5. The summed E-state index contributed by atoms with van der Waals surface area (Å²) < 4.78 is 10.3. The molecule has 0 aliphatic rings. The van der Waals surface area contributed by atoms with E-state index >= 15 is 0 Å². The van der Waals surface area contributed by atoms with E-state index in [9.17, 15) is 0 Å². The van der Waals surface area contributed by atoms with E-state index in [1.807, 2.05) is 42.5 Å². The molecule has 0 saturated carbocycles. The summed E-state index contributed by atoms with van der Waals surface area (Å²) in [5.41, 5.74) is 0. The van der Waals surface area contributed by atoms with Gasteiger partial charge < -0.3 is 9.47 Å². The van der Waals surface area contributed by atoms with Gasteiger partial charge in [0.25, 0.3) is 0 Å². The second-order valence-electron chi connectivity index (χ2n) is 2.55. The van der Waals surface area contributed by atoms with Crippen molar-refractivity contribution in [3.8, 4) is 5.75 Å². The standard InChI is InChI=1S/C11H14O2/c1-12-9-5-6-10-13-11-7-3-2-4-8-11/h2-8H,9-10H2,1H3/b6-5+. The van der Waals surface area contributed by atoms with E-state index in [-0.39, 0.29) is 0 Å². The summed E-state index contributed by atoms with van der Waals surface area (Å²) >= 11 is 0. The molecular weight excluding hydrogens is 164 g/mol. The minimum Gasteiger partial charge on any atom is -0.490 e. The lowest BCUT2D eigenvalue weighted by Gasteiger charge is -2.01. The van der Waals surface area contributed by atoms with Crippen molar-refractivity contribution in [2.45, 2.75) is 0 Å². The fraction of sp³-hybridized carbons (Fsp3) is 0.273. The van der Waals surface area contributed by atoms with Crippen molar-refractivity contribution in [1.82, 2.24) is 0 Å². The van der Waals surface area contributed by atoms with Crippen LogP contribution in [-0.2, 0) is 4.74 Å². The molecule has 1 rings (SSSR count). The van der Waals surface area contributed by atoms with Crippen LogP contribution < -0.4 is 4.74 Å². The first-order valence-corrected chi connectivity index (χ1v) is 4.25. The molecule has 1 aromatic carbocycles. The Hall–Kier alpha value is -1.28. The molecule has 1 aromatic rings. The van der Waals surface area contributed by atoms with Crippen LogP contribution in [0.3, 0.4) is 0 Å². The average molecular weight is 178 g/mol. The average Bonchev–Trinajstić information content (AvgIpc) is 2.19. The number of ether oxygens (including phenoxy) is 2. The largest absolute Gasteiger partial charge is 0.490 e. The van der Waals surface area contributed by atoms with Gasteiger partial charge in [0.2, 0.25) is 0 Å². The molecule has 0 unspecified atom stereocenters. The van der Waals surface area contributed by atoms with E-state index in [2.05, 4.69) is 0 Å². The number of hydrogen-bond donors (Lipinski definition) is 0. The third kappa shape index (κ3) is 4.33. The maximum atomic E-state index is 5.41. The highest BCUT2D eigenvalue weighted by Gasteiger charge is 1.86. The topological polar surface area (TPSA) is 18.5 Å². The number of hydrogen-bond acceptors (Lipinski definition) is 2. The van der Waals surface area contributed by atoms with Crippen molar-refractivity contribution in [3.63, 3.8) is 0 Å². The highest BCUT2D eigenvalue weighted by molar-refractivity contribution is 5.21. The van der Waals surface area contributed by atoms with E-state index < -0.39 is 0 Å². The van der Waals surface area contributed by atoms with Gasteiger partial charge in [-0.3, -0.25) is 0 Å².